The van der Waals surface area contributed by atoms with Crippen molar-refractivity contribution >= 4 is 5.91 Å². The Morgan fingerprint density at radius 2 is 2.18 bits per heavy atom. The van der Waals surface area contributed by atoms with Crippen molar-refractivity contribution < 1.29 is 9.53 Å². The largest absolute Gasteiger partial charge is 0.376 e. The summed E-state index contributed by atoms with van der Waals surface area (Å²) in [5, 5.41) is 2.93. The van der Waals surface area contributed by atoms with Gasteiger partial charge in [0.2, 0.25) is 0 Å². The maximum Gasteiger partial charge on any atom is 0.252 e. The molecule has 3 aromatic heterocycles. The zero-order valence-electron chi connectivity index (χ0n) is 16.0. The molecule has 3 aromatic rings. The summed E-state index contributed by atoms with van der Waals surface area (Å²) < 4.78 is 5.55. The summed E-state index contributed by atoms with van der Waals surface area (Å²) in [6.45, 7) is 5.25. The highest BCUT2D eigenvalue weighted by Crippen LogP contribution is 2.24. The number of carbonyl (C=O) groups is 1. The standard InChI is InChI=1S/C21H23N5O2/c1-13-14(2)26-20(25-13)19-9-15(5-6-23-19)16-8-17(11-22-10-16)21(27)24-12-18-4-3-7-28-18/h5-6,8-11,18H,3-4,7,12H2,1-2H3,(H,24,27)(H,25,26). The number of H-pyrrole nitrogens is 1. The molecule has 1 atom stereocenters. The summed E-state index contributed by atoms with van der Waals surface area (Å²) in [4.78, 5) is 28.9. The van der Waals surface area contributed by atoms with Gasteiger partial charge in [0.1, 0.15) is 5.69 Å². The second kappa shape index (κ2) is 7.90. The predicted molar refractivity (Wildman–Crippen MR) is 106 cm³/mol. The third kappa shape index (κ3) is 3.94. The minimum Gasteiger partial charge on any atom is -0.376 e. The molecule has 0 aliphatic carbocycles. The first-order chi connectivity index (χ1) is 13.6. The number of hydrogen-bond acceptors (Lipinski definition) is 5. The molecule has 0 radical (unpaired) electrons. The molecular weight excluding hydrogens is 354 g/mol. The van der Waals surface area contributed by atoms with Gasteiger partial charge in [0.25, 0.3) is 5.91 Å². The molecule has 144 valence electrons. The van der Waals surface area contributed by atoms with Crippen LogP contribution < -0.4 is 5.32 Å². The molecule has 1 aliphatic rings. The van der Waals surface area contributed by atoms with E-state index in [9.17, 15) is 4.79 Å². The number of hydrogen-bond donors (Lipinski definition) is 2. The highest BCUT2D eigenvalue weighted by atomic mass is 16.5. The van der Waals surface area contributed by atoms with E-state index in [0.717, 1.165) is 53.5 Å². The van der Waals surface area contributed by atoms with Gasteiger partial charge in [0.05, 0.1) is 17.4 Å². The zero-order valence-corrected chi connectivity index (χ0v) is 16.0. The van der Waals surface area contributed by atoms with Crippen LogP contribution in [0.2, 0.25) is 0 Å². The van der Waals surface area contributed by atoms with E-state index >= 15 is 0 Å². The van der Waals surface area contributed by atoms with E-state index in [4.69, 9.17) is 4.74 Å². The molecule has 0 saturated carbocycles. The normalized spacial score (nSPS) is 16.3. The van der Waals surface area contributed by atoms with Gasteiger partial charge in [-0.25, -0.2) is 4.98 Å². The number of pyridine rings is 2. The number of imidazole rings is 1. The van der Waals surface area contributed by atoms with Crippen molar-refractivity contribution in [3.8, 4) is 22.6 Å². The van der Waals surface area contributed by atoms with Crippen LogP contribution in [0.1, 0.15) is 34.6 Å². The lowest BCUT2D eigenvalue weighted by atomic mass is 10.1. The quantitative estimate of drug-likeness (QED) is 0.713. The summed E-state index contributed by atoms with van der Waals surface area (Å²) in [6.07, 6.45) is 7.22. The van der Waals surface area contributed by atoms with Crippen LogP contribution in [0.5, 0.6) is 0 Å². The van der Waals surface area contributed by atoms with Crippen LogP contribution in [-0.2, 0) is 4.74 Å². The van der Waals surface area contributed by atoms with Gasteiger partial charge in [-0.2, -0.15) is 0 Å². The van der Waals surface area contributed by atoms with Gasteiger partial charge in [-0.3, -0.25) is 14.8 Å². The van der Waals surface area contributed by atoms with Crippen molar-refractivity contribution in [2.45, 2.75) is 32.8 Å². The minimum atomic E-state index is -0.142. The Morgan fingerprint density at radius 1 is 1.29 bits per heavy atom. The van der Waals surface area contributed by atoms with E-state index in [1.165, 1.54) is 0 Å². The van der Waals surface area contributed by atoms with Gasteiger partial charge >= 0.3 is 0 Å². The fourth-order valence-corrected chi connectivity index (χ4v) is 3.24. The summed E-state index contributed by atoms with van der Waals surface area (Å²) in [5.41, 5.74) is 5.04. The monoisotopic (exact) mass is 377 g/mol. The Bertz CT molecular complexity index is 972. The van der Waals surface area contributed by atoms with Gasteiger partial charge in [-0.1, -0.05) is 0 Å². The second-order valence-electron chi connectivity index (χ2n) is 7.03. The average Bonchev–Trinajstić information content (AvgIpc) is 3.36. The Kier molecular flexibility index (Phi) is 5.16. The number of nitrogens with zero attached hydrogens (tertiary/aromatic N) is 3. The molecule has 28 heavy (non-hydrogen) atoms. The Morgan fingerprint density at radius 3 is 2.93 bits per heavy atom. The van der Waals surface area contributed by atoms with Crippen LogP contribution >= 0.6 is 0 Å². The molecule has 4 rings (SSSR count). The number of amides is 1. The molecule has 1 aliphatic heterocycles. The summed E-state index contributed by atoms with van der Waals surface area (Å²) in [5.74, 6) is 0.590. The Labute approximate surface area is 163 Å². The summed E-state index contributed by atoms with van der Waals surface area (Å²) >= 11 is 0. The summed E-state index contributed by atoms with van der Waals surface area (Å²) in [7, 11) is 0. The molecule has 7 heteroatoms. The van der Waals surface area contributed by atoms with Gasteiger partial charge in [-0.05, 0) is 50.5 Å². The first-order valence-electron chi connectivity index (χ1n) is 9.45. The fourth-order valence-electron chi connectivity index (χ4n) is 3.24. The number of aromatic nitrogens is 4. The Hall–Kier alpha value is -3.06. The number of rotatable bonds is 5. The van der Waals surface area contributed by atoms with Gasteiger partial charge < -0.3 is 15.0 Å². The van der Waals surface area contributed by atoms with E-state index in [-0.39, 0.29) is 12.0 Å². The minimum absolute atomic E-state index is 0.114. The number of nitrogens with one attached hydrogen (secondary N) is 2. The third-order valence-corrected chi connectivity index (χ3v) is 4.98. The lowest BCUT2D eigenvalue weighted by Crippen LogP contribution is -2.31. The van der Waals surface area contributed by atoms with E-state index in [1.54, 1.807) is 18.6 Å². The van der Waals surface area contributed by atoms with Crippen molar-refractivity contribution in [2.75, 3.05) is 13.2 Å². The lowest BCUT2D eigenvalue weighted by molar-refractivity contribution is 0.0857. The van der Waals surface area contributed by atoms with E-state index in [0.29, 0.717) is 12.1 Å². The molecule has 4 heterocycles. The van der Waals surface area contributed by atoms with Crippen molar-refractivity contribution in [3.05, 3.63) is 53.7 Å². The predicted octanol–water partition coefficient (Wildman–Crippen LogP) is 3.06. The molecule has 7 nitrogen and oxygen atoms in total. The first-order valence-corrected chi connectivity index (χ1v) is 9.45. The number of aromatic amines is 1. The lowest BCUT2D eigenvalue weighted by Gasteiger charge is -2.11. The van der Waals surface area contributed by atoms with Crippen molar-refractivity contribution in [2.24, 2.45) is 0 Å². The van der Waals surface area contributed by atoms with Gasteiger partial charge in [0.15, 0.2) is 5.82 Å². The molecule has 1 saturated heterocycles. The molecule has 1 unspecified atom stereocenters. The van der Waals surface area contributed by atoms with Crippen molar-refractivity contribution in [1.82, 2.24) is 25.3 Å². The molecule has 1 amide bonds. The molecule has 2 N–H and O–H groups in total. The SMILES string of the molecule is Cc1nc(-c2cc(-c3cncc(C(=O)NCC4CCCO4)c3)ccn2)[nH]c1C. The topological polar surface area (TPSA) is 92.8 Å². The maximum absolute atomic E-state index is 12.5. The molecule has 0 aromatic carbocycles. The van der Waals surface area contributed by atoms with Gasteiger partial charge in [0, 0.05) is 43.0 Å². The Balaban J connectivity index is 1.53. The van der Waals surface area contributed by atoms with Crippen LogP contribution in [0, 0.1) is 13.8 Å². The molecular formula is C21H23N5O2. The van der Waals surface area contributed by atoms with Crippen molar-refractivity contribution in [1.29, 1.82) is 0 Å². The van der Waals surface area contributed by atoms with Crippen LogP contribution in [0.25, 0.3) is 22.6 Å². The van der Waals surface area contributed by atoms with Crippen molar-refractivity contribution in [3.63, 3.8) is 0 Å². The third-order valence-electron chi connectivity index (χ3n) is 4.98. The van der Waals surface area contributed by atoms with Crippen LogP contribution in [-0.4, -0.2) is 45.1 Å². The highest BCUT2D eigenvalue weighted by molar-refractivity contribution is 5.95. The number of ether oxygens (including phenoxy) is 1. The molecule has 1 fully saturated rings. The van der Waals surface area contributed by atoms with Crippen LogP contribution in [0.3, 0.4) is 0 Å². The number of carbonyl (C=O) groups excluding carboxylic acids is 1. The zero-order chi connectivity index (χ0) is 19.5. The smallest absolute Gasteiger partial charge is 0.252 e. The van der Waals surface area contributed by atoms with Crippen LogP contribution in [0.4, 0.5) is 0 Å². The maximum atomic E-state index is 12.5. The first kappa shape index (κ1) is 18.3. The average molecular weight is 377 g/mol. The van der Waals surface area contributed by atoms with Crippen LogP contribution in [0.15, 0.2) is 36.8 Å². The van der Waals surface area contributed by atoms with E-state index in [2.05, 4.69) is 25.3 Å². The van der Waals surface area contributed by atoms with E-state index in [1.807, 2.05) is 32.0 Å². The number of aryl methyl sites for hydroxylation is 2. The summed E-state index contributed by atoms with van der Waals surface area (Å²) in [6, 6.07) is 5.69. The second-order valence-corrected chi connectivity index (χ2v) is 7.03. The van der Waals surface area contributed by atoms with E-state index < -0.39 is 0 Å². The molecule has 0 bridgehead atoms. The molecule has 0 spiro atoms. The van der Waals surface area contributed by atoms with Gasteiger partial charge in [-0.15, -0.1) is 0 Å². The fraction of sp³-hybridized carbons (Fsp3) is 0.333. The highest BCUT2D eigenvalue weighted by Gasteiger charge is 2.17.